The average Bonchev–Trinajstić information content (AvgIpc) is 2.86. The largest absolute Gasteiger partial charge is 0.339 e. The molecule has 3 heterocycles. The maximum absolute atomic E-state index is 12.9. The number of nitrogens with one attached hydrogen (secondary N) is 1. The predicted octanol–water partition coefficient (Wildman–Crippen LogP) is 3.19. The predicted molar refractivity (Wildman–Crippen MR) is 91.2 cm³/mol. The third kappa shape index (κ3) is 1.90. The number of benzene rings is 1. The number of nitrogens with zero attached hydrogens (tertiary/aromatic N) is 3. The van der Waals surface area contributed by atoms with Crippen LogP contribution in [0.4, 0.5) is 0 Å². The summed E-state index contributed by atoms with van der Waals surface area (Å²) in [6.07, 6.45) is 1.73. The van der Waals surface area contributed by atoms with Crippen LogP contribution >= 0.6 is 0 Å². The molecule has 0 aliphatic carbocycles. The van der Waals surface area contributed by atoms with Crippen molar-refractivity contribution < 1.29 is 0 Å². The first-order valence-corrected chi connectivity index (χ1v) is 7.51. The van der Waals surface area contributed by atoms with Crippen molar-refractivity contribution in [3.63, 3.8) is 0 Å². The summed E-state index contributed by atoms with van der Waals surface area (Å²) in [4.78, 5) is 20.7. The fraction of sp³-hybridized carbons (Fsp3) is 0.167. The minimum Gasteiger partial charge on any atom is -0.339 e. The molecule has 0 spiro atoms. The van der Waals surface area contributed by atoms with Gasteiger partial charge in [-0.2, -0.15) is 9.78 Å². The highest BCUT2D eigenvalue weighted by molar-refractivity contribution is 5.94. The van der Waals surface area contributed by atoms with Gasteiger partial charge in [0.1, 0.15) is 5.65 Å². The Morgan fingerprint density at radius 3 is 2.61 bits per heavy atom. The van der Waals surface area contributed by atoms with E-state index in [9.17, 15) is 4.79 Å². The average molecular weight is 304 g/mol. The van der Waals surface area contributed by atoms with Crippen molar-refractivity contribution in [1.82, 2.24) is 19.7 Å². The molecule has 0 radical (unpaired) electrons. The van der Waals surface area contributed by atoms with E-state index in [4.69, 9.17) is 0 Å². The molecule has 23 heavy (non-hydrogen) atoms. The Morgan fingerprint density at radius 1 is 1.04 bits per heavy atom. The van der Waals surface area contributed by atoms with E-state index in [1.54, 1.807) is 10.9 Å². The molecule has 0 fully saturated rings. The molecule has 1 aromatic carbocycles. The van der Waals surface area contributed by atoms with Gasteiger partial charge in [0.2, 0.25) is 5.43 Å². The molecule has 0 saturated heterocycles. The third-order valence-electron chi connectivity index (χ3n) is 4.23. The van der Waals surface area contributed by atoms with Crippen molar-refractivity contribution in [3.8, 4) is 5.82 Å². The van der Waals surface area contributed by atoms with E-state index in [0.717, 1.165) is 22.5 Å². The second-order valence-electron chi connectivity index (χ2n) is 5.82. The zero-order valence-corrected chi connectivity index (χ0v) is 13.2. The van der Waals surface area contributed by atoms with Gasteiger partial charge in [-0.1, -0.05) is 18.2 Å². The van der Waals surface area contributed by atoms with E-state index in [1.165, 1.54) is 0 Å². The summed E-state index contributed by atoms with van der Waals surface area (Å²) in [5, 5.41) is 5.87. The van der Waals surface area contributed by atoms with E-state index in [-0.39, 0.29) is 5.43 Å². The fourth-order valence-corrected chi connectivity index (χ4v) is 3.04. The smallest absolute Gasteiger partial charge is 0.200 e. The van der Waals surface area contributed by atoms with Crippen LogP contribution < -0.4 is 5.43 Å². The van der Waals surface area contributed by atoms with Gasteiger partial charge in [-0.05, 0) is 44.0 Å². The molecule has 5 nitrogen and oxygen atoms in total. The second kappa shape index (κ2) is 4.78. The summed E-state index contributed by atoms with van der Waals surface area (Å²) in [6, 6.07) is 9.61. The number of pyridine rings is 2. The van der Waals surface area contributed by atoms with Crippen molar-refractivity contribution in [2.24, 2.45) is 0 Å². The molecule has 0 aliphatic heterocycles. The number of fused-ring (bicyclic) bond motifs is 2. The van der Waals surface area contributed by atoms with Crippen molar-refractivity contribution in [2.45, 2.75) is 20.8 Å². The molecule has 114 valence electrons. The van der Waals surface area contributed by atoms with E-state index in [0.29, 0.717) is 22.1 Å². The molecule has 4 aromatic rings. The lowest BCUT2D eigenvalue weighted by atomic mass is 10.1. The van der Waals surface area contributed by atoms with Crippen LogP contribution in [0.5, 0.6) is 0 Å². The quantitative estimate of drug-likeness (QED) is 0.587. The maximum atomic E-state index is 12.9. The zero-order chi connectivity index (χ0) is 16.1. The summed E-state index contributed by atoms with van der Waals surface area (Å²) in [7, 11) is 0. The van der Waals surface area contributed by atoms with E-state index in [1.807, 2.05) is 51.1 Å². The van der Waals surface area contributed by atoms with Crippen LogP contribution in [0.15, 0.2) is 41.3 Å². The van der Waals surface area contributed by atoms with E-state index in [2.05, 4.69) is 15.1 Å². The number of hydrogen-bond acceptors (Lipinski definition) is 3. The molecule has 0 unspecified atom stereocenters. The fourth-order valence-electron chi connectivity index (χ4n) is 3.04. The summed E-state index contributed by atoms with van der Waals surface area (Å²) in [5.41, 5.74) is 4.28. The number of aromatic amines is 1. The number of aryl methyl sites for hydroxylation is 3. The first kappa shape index (κ1) is 13.7. The van der Waals surface area contributed by atoms with Crippen molar-refractivity contribution in [1.29, 1.82) is 0 Å². The molecule has 0 atom stereocenters. The molecule has 0 aliphatic rings. The van der Waals surface area contributed by atoms with Crippen LogP contribution in [-0.4, -0.2) is 19.7 Å². The normalized spacial score (nSPS) is 11.4. The van der Waals surface area contributed by atoms with Gasteiger partial charge >= 0.3 is 0 Å². The van der Waals surface area contributed by atoms with Crippen LogP contribution in [-0.2, 0) is 0 Å². The molecule has 0 bridgehead atoms. The highest BCUT2D eigenvalue weighted by Gasteiger charge is 2.17. The van der Waals surface area contributed by atoms with Crippen molar-refractivity contribution >= 4 is 21.9 Å². The maximum Gasteiger partial charge on any atom is 0.200 e. The molecular formula is C18H16N4O. The lowest BCUT2D eigenvalue weighted by molar-refractivity contribution is 0.840. The molecule has 1 N–H and O–H groups in total. The molecule has 0 amide bonds. The molecule has 5 heteroatoms. The molecule has 0 saturated carbocycles. The third-order valence-corrected chi connectivity index (χ3v) is 4.23. The number of hydrogen-bond donors (Lipinski definition) is 1. The number of rotatable bonds is 1. The molecular weight excluding hydrogens is 288 g/mol. The monoisotopic (exact) mass is 304 g/mol. The highest BCUT2D eigenvalue weighted by Crippen LogP contribution is 2.22. The standard InChI is InChI=1S/C18H16N4O/c1-10-6-4-8-13-15(10)20-18-14(16(13)23)12(3)21-22(18)17-11(2)7-5-9-19-17/h4-9H,1-3H3,(H,20,23). The Bertz CT molecular complexity index is 1120. The van der Waals surface area contributed by atoms with Crippen LogP contribution in [0, 0.1) is 20.8 Å². The van der Waals surface area contributed by atoms with Gasteiger partial charge in [-0.25, -0.2) is 4.98 Å². The zero-order valence-electron chi connectivity index (χ0n) is 13.2. The van der Waals surface area contributed by atoms with Gasteiger partial charge in [0.25, 0.3) is 0 Å². The number of H-pyrrole nitrogens is 1. The summed E-state index contributed by atoms with van der Waals surface area (Å²) >= 11 is 0. The summed E-state index contributed by atoms with van der Waals surface area (Å²) < 4.78 is 1.73. The van der Waals surface area contributed by atoms with Crippen LogP contribution in [0.2, 0.25) is 0 Å². The van der Waals surface area contributed by atoms with Gasteiger partial charge < -0.3 is 4.98 Å². The number of para-hydroxylation sites is 1. The SMILES string of the molecule is Cc1cccnc1-n1nc(C)c2c(=O)c3cccc(C)c3[nH]c21. The Labute approximate surface area is 132 Å². The Kier molecular flexibility index (Phi) is 2.84. The first-order valence-electron chi connectivity index (χ1n) is 7.51. The first-order chi connectivity index (χ1) is 11.1. The summed E-state index contributed by atoms with van der Waals surface area (Å²) in [5.74, 6) is 0.731. The number of aromatic nitrogens is 4. The lowest BCUT2D eigenvalue weighted by Crippen LogP contribution is -2.07. The van der Waals surface area contributed by atoms with Crippen molar-refractivity contribution in [2.75, 3.05) is 0 Å². The minimum absolute atomic E-state index is 0.00906. The summed E-state index contributed by atoms with van der Waals surface area (Å²) in [6.45, 7) is 5.83. The Morgan fingerprint density at radius 2 is 1.83 bits per heavy atom. The topological polar surface area (TPSA) is 63.6 Å². The van der Waals surface area contributed by atoms with Crippen LogP contribution in [0.1, 0.15) is 16.8 Å². The molecule has 4 rings (SSSR count). The second-order valence-corrected chi connectivity index (χ2v) is 5.82. The minimum atomic E-state index is 0.00906. The van der Waals surface area contributed by atoms with Crippen LogP contribution in [0.25, 0.3) is 27.8 Å². The van der Waals surface area contributed by atoms with Gasteiger partial charge in [-0.3, -0.25) is 4.79 Å². The van der Waals surface area contributed by atoms with Gasteiger partial charge in [0, 0.05) is 11.6 Å². The highest BCUT2D eigenvalue weighted by atomic mass is 16.1. The van der Waals surface area contributed by atoms with E-state index >= 15 is 0 Å². The Hall–Kier alpha value is -2.95. The molecule has 3 aromatic heterocycles. The van der Waals surface area contributed by atoms with Crippen molar-refractivity contribution in [3.05, 3.63) is 63.6 Å². The van der Waals surface area contributed by atoms with Crippen LogP contribution in [0.3, 0.4) is 0 Å². The van der Waals surface area contributed by atoms with Gasteiger partial charge in [0.15, 0.2) is 5.82 Å². The van der Waals surface area contributed by atoms with E-state index < -0.39 is 0 Å². The van der Waals surface area contributed by atoms with Gasteiger partial charge in [0.05, 0.1) is 16.6 Å². The lowest BCUT2D eigenvalue weighted by Gasteiger charge is -2.07. The van der Waals surface area contributed by atoms with Gasteiger partial charge in [-0.15, -0.1) is 0 Å². The Balaban J connectivity index is 2.21.